The summed E-state index contributed by atoms with van der Waals surface area (Å²) in [6, 6.07) is 0.576. The molecule has 0 aromatic rings. The van der Waals surface area contributed by atoms with E-state index in [-0.39, 0.29) is 10.5 Å². The molecule has 0 amide bonds. The standard InChI is InChI=1S/C11H24N2OS/c1-9(2)13-7-5-11(6-8-13)15(12,14)10(3)4/h9-12H,5-8H2,1-4H3. The molecule has 1 atom stereocenters. The highest BCUT2D eigenvalue weighted by atomic mass is 32.2. The molecule has 1 rings (SSSR count). The molecule has 1 heterocycles. The molecule has 4 heteroatoms. The Balaban J connectivity index is 2.58. The predicted octanol–water partition coefficient (Wildman–Crippen LogP) is 2.31. The lowest BCUT2D eigenvalue weighted by atomic mass is 10.1. The lowest BCUT2D eigenvalue weighted by Gasteiger charge is -2.36. The molecule has 3 nitrogen and oxygen atoms in total. The van der Waals surface area contributed by atoms with E-state index >= 15 is 0 Å². The zero-order chi connectivity index (χ0) is 11.6. The summed E-state index contributed by atoms with van der Waals surface area (Å²) in [5, 5.41) is 0.112. The summed E-state index contributed by atoms with van der Waals surface area (Å²) >= 11 is 0. The van der Waals surface area contributed by atoms with Crippen LogP contribution in [0.1, 0.15) is 40.5 Å². The Bertz CT molecular complexity index is 288. The smallest absolute Gasteiger partial charge is 0.0495 e. The maximum Gasteiger partial charge on any atom is 0.0495 e. The monoisotopic (exact) mass is 232 g/mol. The minimum atomic E-state index is -2.38. The van der Waals surface area contributed by atoms with Crippen molar-refractivity contribution in [3.8, 4) is 0 Å². The zero-order valence-corrected chi connectivity index (χ0v) is 11.1. The highest BCUT2D eigenvalue weighted by molar-refractivity contribution is 7.93. The van der Waals surface area contributed by atoms with E-state index in [1.54, 1.807) is 0 Å². The van der Waals surface area contributed by atoms with Crippen LogP contribution in [0.5, 0.6) is 0 Å². The van der Waals surface area contributed by atoms with E-state index in [4.69, 9.17) is 4.78 Å². The molecular formula is C11H24N2OS. The van der Waals surface area contributed by atoms with Crippen LogP contribution in [0.4, 0.5) is 0 Å². The Morgan fingerprint density at radius 3 is 2.00 bits per heavy atom. The van der Waals surface area contributed by atoms with Crippen molar-refractivity contribution in [3.63, 3.8) is 0 Å². The Morgan fingerprint density at radius 1 is 1.20 bits per heavy atom. The van der Waals surface area contributed by atoms with Gasteiger partial charge >= 0.3 is 0 Å². The van der Waals surface area contributed by atoms with Gasteiger partial charge in [-0.1, -0.05) is 13.8 Å². The van der Waals surface area contributed by atoms with Gasteiger partial charge in [0.2, 0.25) is 0 Å². The van der Waals surface area contributed by atoms with E-state index in [2.05, 4.69) is 18.7 Å². The molecule has 15 heavy (non-hydrogen) atoms. The second kappa shape index (κ2) is 4.83. The fourth-order valence-corrected chi connectivity index (χ4v) is 3.81. The van der Waals surface area contributed by atoms with Crippen molar-refractivity contribution in [2.75, 3.05) is 13.1 Å². The normalized spacial score (nSPS) is 24.7. The van der Waals surface area contributed by atoms with Crippen LogP contribution in [0.2, 0.25) is 0 Å². The molecule has 1 saturated heterocycles. The van der Waals surface area contributed by atoms with Crippen LogP contribution in [-0.2, 0) is 9.73 Å². The third kappa shape index (κ3) is 2.94. The Hall–Kier alpha value is -0.0900. The van der Waals surface area contributed by atoms with Crippen LogP contribution < -0.4 is 0 Å². The summed E-state index contributed by atoms with van der Waals surface area (Å²) < 4.78 is 20.1. The molecule has 0 aromatic carbocycles. The zero-order valence-electron chi connectivity index (χ0n) is 10.3. The van der Waals surface area contributed by atoms with E-state index in [0.29, 0.717) is 6.04 Å². The largest absolute Gasteiger partial charge is 0.301 e. The number of rotatable bonds is 3. The number of nitrogens with zero attached hydrogens (tertiary/aromatic N) is 1. The minimum absolute atomic E-state index is 0.00639. The van der Waals surface area contributed by atoms with E-state index < -0.39 is 9.73 Å². The topological polar surface area (TPSA) is 44.2 Å². The first-order valence-electron chi connectivity index (χ1n) is 5.86. The van der Waals surface area contributed by atoms with Crippen LogP contribution in [0.15, 0.2) is 0 Å². The highest BCUT2D eigenvalue weighted by Crippen LogP contribution is 2.22. The van der Waals surface area contributed by atoms with Crippen LogP contribution in [-0.4, -0.2) is 38.7 Å². The third-order valence-electron chi connectivity index (χ3n) is 3.40. The van der Waals surface area contributed by atoms with Gasteiger partial charge in [0, 0.05) is 26.3 Å². The quantitative estimate of drug-likeness (QED) is 0.811. The van der Waals surface area contributed by atoms with Crippen LogP contribution in [0.25, 0.3) is 0 Å². The molecular weight excluding hydrogens is 208 g/mol. The van der Waals surface area contributed by atoms with Gasteiger partial charge in [0.15, 0.2) is 0 Å². The molecule has 0 saturated carbocycles. The van der Waals surface area contributed by atoms with Crippen molar-refractivity contribution in [2.45, 2.75) is 57.1 Å². The lowest BCUT2D eigenvalue weighted by Crippen LogP contribution is -2.43. The second-order valence-electron chi connectivity index (χ2n) is 5.03. The summed E-state index contributed by atoms with van der Waals surface area (Å²) in [5.74, 6) is 0. The fourth-order valence-electron chi connectivity index (χ4n) is 2.13. The van der Waals surface area contributed by atoms with Crippen molar-refractivity contribution in [1.29, 1.82) is 4.78 Å². The second-order valence-corrected chi connectivity index (χ2v) is 7.93. The highest BCUT2D eigenvalue weighted by Gasteiger charge is 2.29. The molecule has 1 N–H and O–H groups in total. The van der Waals surface area contributed by atoms with Gasteiger partial charge in [0.25, 0.3) is 0 Å². The van der Waals surface area contributed by atoms with Gasteiger partial charge in [-0.05, 0) is 39.8 Å². The van der Waals surface area contributed by atoms with Crippen LogP contribution in [0, 0.1) is 4.78 Å². The molecule has 90 valence electrons. The van der Waals surface area contributed by atoms with E-state index in [1.807, 2.05) is 13.8 Å². The molecule has 0 radical (unpaired) electrons. The number of hydrogen-bond acceptors (Lipinski definition) is 3. The van der Waals surface area contributed by atoms with Gasteiger partial charge < -0.3 is 4.90 Å². The Morgan fingerprint density at radius 2 is 1.67 bits per heavy atom. The molecule has 0 aromatic heterocycles. The van der Waals surface area contributed by atoms with Crippen molar-refractivity contribution in [3.05, 3.63) is 0 Å². The van der Waals surface area contributed by atoms with Gasteiger partial charge in [-0.25, -0.2) is 4.21 Å². The molecule has 1 unspecified atom stereocenters. The Kier molecular flexibility index (Phi) is 4.18. The van der Waals surface area contributed by atoms with E-state index in [1.165, 1.54) is 0 Å². The van der Waals surface area contributed by atoms with E-state index in [9.17, 15) is 4.21 Å². The first kappa shape index (κ1) is 13.0. The fraction of sp³-hybridized carbons (Fsp3) is 1.00. The van der Waals surface area contributed by atoms with Gasteiger partial charge in [0.05, 0.1) is 0 Å². The van der Waals surface area contributed by atoms with Gasteiger partial charge in [-0.2, -0.15) is 0 Å². The Labute approximate surface area is 94.2 Å². The van der Waals surface area contributed by atoms with Crippen molar-refractivity contribution in [2.24, 2.45) is 0 Å². The van der Waals surface area contributed by atoms with Crippen molar-refractivity contribution >= 4 is 9.73 Å². The molecule has 0 aliphatic carbocycles. The predicted molar refractivity (Wildman–Crippen MR) is 65.7 cm³/mol. The first-order valence-corrected chi connectivity index (χ1v) is 7.54. The SMILES string of the molecule is CC(C)N1CCC(S(=N)(=O)C(C)C)CC1. The maximum atomic E-state index is 12.2. The summed E-state index contributed by atoms with van der Waals surface area (Å²) in [6.07, 6.45) is 1.86. The summed E-state index contributed by atoms with van der Waals surface area (Å²) in [6.45, 7) is 10.2. The van der Waals surface area contributed by atoms with Crippen LogP contribution in [0.3, 0.4) is 0 Å². The molecule has 0 bridgehead atoms. The first-order chi connectivity index (χ1) is 6.85. The van der Waals surface area contributed by atoms with Gasteiger partial charge in [0.1, 0.15) is 0 Å². The number of piperidine rings is 1. The average molecular weight is 232 g/mol. The third-order valence-corrected chi connectivity index (χ3v) is 6.26. The van der Waals surface area contributed by atoms with Crippen molar-refractivity contribution < 1.29 is 4.21 Å². The number of likely N-dealkylation sites (tertiary alicyclic amines) is 1. The number of nitrogens with one attached hydrogen (secondary N) is 1. The molecule has 1 aliphatic heterocycles. The molecule has 0 spiro atoms. The lowest BCUT2D eigenvalue weighted by molar-refractivity contribution is 0.186. The van der Waals surface area contributed by atoms with Gasteiger partial charge in [-0.15, -0.1) is 0 Å². The minimum Gasteiger partial charge on any atom is -0.301 e. The summed E-state index contributed by atoms with van der Waals surface area (Å²) in [7, 11) is -2.38. The number of hydrogen-bond donors (Lipinski definition) is 1. The molecule has 1 fully saturated rings. The average Bonchev–Trinajstić information content (AvgIpc) is 2.17. The molecule has 1 aliphatic rings. The van der Waals surface area contributed by atoms with E-state index in [0.717, 1.165) is 25.9 Å². The van der Waals surface area contributed by atoms with Gasteiger partial charge in [-0.3, -0.25) is 4.78 Å². The summed E-state index contributed by atoms with van der Waals surface area (Å²) in [4.78, 5) is 2.41. The summed E-state index contributed by atoms with van der Waals surface area (Å²) in [5.41, 5.74) is 0. The maximum absolute atomic E-state index is 12.2. The van der Waals surface area contributed by atoms with Crippen LogP contribution >= 0.6 is 0 Å². The van der Waals surface area contributed by atoms with Crippen molar-refractivity contribution in [1.82, 2.24) is 4.90 Å².